The van der Waals surface area contributed by atoms with Crippen LogP contribution >= 0.6 is 15.9 Å². The van der Waals surface area contributed by atoms with Gasteiger partial charge in [0.2, 0.25) is 0 Å². The second-order valence-electron chi connectivity index (χ2n) is 6.73. The molecular formula is C18H28BrN. The third-order valence-corrected chi connectivity index (χ3v) is 5.06. The molecule has 20 heavy (non-hydrogen) atoms. The Kier molecular flexibility index (Phi) is 6.10. The minimum atomic E-state index is 0.353. The molecule has 0 heterocycles. The Hall–Kier alpha value is -0.340. The van der Waals surface area contributed by atoms with Gasteiger partial charge in [-0.2, -0.15) is 0 Å². The van der Waals surface area contributed by atoms with Crippen molar-refractivity contribution < 1.29 is 0 Å². The third kappa shape index (κ3) is 4.33. The van der Waals surface area contributed by atoms with E-state index in [-0.39, 0.29) is 0 Å². The molecule has 0 aromatic heterocycles. The summed E-state index contributed by atoms with van der Waals surface area (Å²) in [6.07, 6.45) is 8.23. The van der Waals surface area contributed by atoms with Crippen molar-refractivity contribution in [3.05, 3.63) is 34.3 Å². The van der Waals surface area contributed by atoms with Gasteiger partial charge in [-0.1, -0.05) is 67.6 Å². The van der Waals surface area contributed by atoms with Gasteiger partial charge < -0.3 is 5.32 Å². The second kappa shape index (κ2) is 7.61. The summed E-state index contributed by atoms with van der Waals surface area (Å²) in [6.45, 7) is 6.82. The summed E-state index contributed by atoms with van der Waals surface area (Å²) < 4.78 is 1.18. The number of hydrogen-bond donors (Lipinski definition) is 1. The van der Waals surface area contributed by atoms with Gasteiger partial charge in [-0.25, -0.2) is 0 Å². The van der Waals surface area contributed by atoms with E-state index in [0.29, 0.717) is 5.41 Å². The van der Waals surface area contributed by atoms with Crippen molar-refractivity contribution in [2.45, 2.75) is 57.8 Å². The normalized spacial score (nSPS) is 19.0. The lowest BCUT2D eigenvalue weighted by atomic mass is 9.74. The molecule has 1 aromatic carbocycles. The van der Waals surface area contributed by atoms with Gasteiger partial charge >= 0.3 is 0 Å². The summed E-state index contributed by atoms with van der Waals surface area (Å²) >= 11 is 3.56. The van der Waals surface area contributed by atoms with Crippen LogP contribution in [0.25, 0.3) is 0 Å². The van der Waals surface area contributed by atoms with Crippen molar-refractivity contribution in [3.8, 4) is 0 Å². The van der Waals surface area contributed by atoms with Crippen molar-refractivity contribution in [3.63, 3.8) is 0 Å². The standard InChI is InChI=1S/C18H28BrN/c1-15(2)13-20-14-18(11-5-3-4-6-12-18)16-7-9-17(19)10-8-16/h7-10,15,20H,3-6,11-14H2,1-2H3. The minimum Gasteiger partial charge on any atom is -0.316 e. The number of hydrogen-bond acceptors (Lipinski definition) is 1. The Morgan fingerprint density at radius 1 is 1.05 bits per heavy atom. The second-order valence-corrected chi connectivity index (χ2v) is 7.64. The van der Waals surface area contributed by atoms with Crippen molar-refractivity contribution in [2.24, 2.45) is 5.92 Å². The van der Waals surface area contributed by atoms with E-state index in [1.54, 1.807) is 0 Å². The van der Waals surface area contributed by atoms with Crippen LogP contribution in [0.3, 0.4) is 0 Å². The molecule has 0 saturated heterocycles. The molecule has 1 saturated carbocycles. The SMILES string of the molecule is CC(C)CNCC1(c2ccc(Br)cc2)CCCCCC1. The number of nitrogens with one attached hydrogen (secondary N) is 1. The van der Waals surface area contributed by atoms with Crippen LogP contribution in [0.15, 0.2) is 28.7 Å². The third-order valence-electron chi connectivity index (χ3n) is 4.53. The van der Waals surface area contributed by atoms with E-state index in [1.165, 1.54) is 48.6 Å². The predicted octanol–water partition coefficient (Wildman–Crippen LogP) is 5.29. The lowest BCUT2D eigenvalue weighted by molar-refractivity contribution is 0.339. The molecule has 1 aliphatic carbocycles. The first-order valence-electron chi connectivity index (χ1n) is 8.09. The summed E-state index contributed by atoms with van der Waals surface area (Å²) in [5.41, 5.74) is 1.88. The molecule has 1 N–H and O–H groups in total. The lowest BCUT2D eigenvalue weighted by Gasteiger charge is -2.34. The largest absolute Gasteiger partial charge is 0.316 e. The Bertz CT molecular complexity index is 388. The van der Waals surface area contributed by atoms with Crippen molar-refractivity contribution in [2.75, 3.05) is 13.1 Å². The molecule has 112 valence electrons. The molecule has 1 aliphatic rings. The van der Waals surface area contributed by atoms with Gasteiger partial charge in [-0.05, 0) is 43.0 Å². The van der Waals surface area contributed by atoms with Crippen molar-refractivity contribution in [1.82, 2.24) is 5.32 Å². The maximum atomic E-state index is 3.72. The van der Waals surface area contributed by atoms with Crippen LogP contribution in [0.5, 0.6) is 0 Å². The van der Waals surface area contributed by atoms with Gasteiger partial charge in [-0.3, -0.25) is 0 Å². The van der Waals surface area contributed by atoms with Crippen LogP contribution in [0.1, 0.15) is 57.9 Å². The number of benzene rings is 1. The van der Waals surface area contributed by atoms with Gasteiger partial charge in [0.25, 0.3) is 0 Å². The molecule has 0 radical (unpaired) electrons. The highest BCUT2D eigenvalue weighted by molar-refractivity contribution is 9.10. The fraction of sp³-hybridized carbons (Fsp3) is 0.667. The molecule has 0 unspecified atom stereocenters. The van der Waals surface area contributed by atoms with Crippen LogP contribution in [0, 0.1) is 5.92 Å². The predicted molar refractivity (Wildman–Crippen MR) is 91.2 cm³/mol. The quantitative estimate of drug-likeness (QED) is 0.720. The fourth-order valence-corrected chi connectivity index (χ4v) is 3.64. The average molecular weight is 338 g/mol. The van der Waals surface area contributed by atoms with Crippen LogP contribution in [0.4, 0.5) is 0 Å². The fourth-order valence-electron chi connectivity index (χ4n) is 3.38. The number of halogens is 1. The van der Waals surface area contributed by atoms with Crippen molar-refractivity contribution >= 4 is 15.9 Å². The van der Waals surface area contributed by atoms with E-state index < -0.39 is 0 Å². The molecule has 0 bridgehead atoms. The van der Waals surface area contributed by atoms with Gasteiger partial charge in [0.1, 0.15) is 0 Å². The van der Waals surface area contributed by atoms with E-state index in [4.69, 9.17) is 0 Å². The highest BCUT2D eigenvalue weighted by Gasteiger charge is 2.32. The van der Waals surface area contributed by atoms with Gasteiger partial charge in [-0.15, -0.1) is 0 Å². The molecule has 2 rings (SSSR count). The molecule has 0 spiro atoms. The highest BCUT2D eigenvalue weighted by Crippen LogP contribution is 2.38. The molecule has 1 fully saturated rings. The van der Waals surface area contributed by atoms with Crippen LogP contribution in [-0.4, -0.2) is 13.1 Å². The van der Waals surface area contributed by atoms with Crippen molar-refractivity contribution in [1.29, 1.82) is 0 Å². The first kappa shape index (κ1) is 16.0. The molecule has 2 heteroatoms. The topological polar surface area (TPSA) is 12.0 Å². The molecule has 0 aliphatic heterocycles. The van der Waals surface area contributed by atoms with Gasteiger partial charge in [0.15, 0.2) is 0 Å². The maximum Gasteiger partial charge on any atom is 0.0175 e. The Morgan fingerprint density at radius 3 is 2.20 bits per heavy atom. The summed E-state index contributed by atoms with van der Waals surface area (Å²) in [4.78, 5) is 0. The summed E-state index contributed by atoms with van der Waals surface area (Å²) in [6, 6.07) is 9.05. The zero-order valence-corrected chi connectivity index (χ0v) is 14.5. The summed E-state index contributed by atoms with van der Waals surface area (Å²) in [5, 5.41) is 3.72. The Morgan fingerprint density at radius 2 is 1.65 bits per heavy atom. The monoisotopic (exact) mass is 337 g/mol. The van der Waals surface area contributed by atoms with Crippen LogP contribution in [-0.2, 0) is 5.41 Å². The van der Waals surface area contributed by atoms with Gasteiger partial charge in [0, 0.05) is 16.4 Å². The summed E-state index contributed by atoms with van der Waals surface area (Å²) in [5.74, 6) is 0.725. The van der Waals surface area contributed by atoms with Crippen LogP contribution < -0.4 is 5.32 Å². The average Bonchev–Trinajstić information content (AvgIpc) is 2.66. The zero-order chi connectivity index (χ0) is 14.4. The van der Waals surface area contributed by atoms with E-state index in [2.05, 4.69) is 59.4 Å². The number of rotatable bonds is 5. The smallest absolute Gasteiger partial charge is 0.0175 e. The molecular weight excluding hydrogens is 310 g/mol. The summed E-state index contributed by atoms with van der Waals surface area (Å²) in [7, 11) is 0. The first-order chi connectivity index (χ1) is 9.62. The minimum absolute atomic E-state index is 0.353. The van der Waals surface area contributed by atoms with E-state index in [1.807, 2.05) is 0 Å². The van der Waals surface area contributed by atoms with E-state index in [0.717, 1.165) is 19.0 Å². The zero-order valence-electron chi connectivity index (χ0n) is 12.9. The first-order valence-corrected chi connectivity index (χ1v) is 8.88. The molecule has 1 aromatic rings. The lowest BCUT2D eigenvalue weighted by Crippen LogP contribution is -2.39. The Labute approximate surface area is 132 Å². The van der Waals surface area contributed by atoms with E-state index >= 15 is 0 Å². The molecule has 0 atom stereocenters. The Balaban J connectivity index is 2.15. The maximum absolute atomic E-state index is 3.72. The van der Waals surface area contributed by atoms with E-state index in [9.17, 15) is 0 Å². The molecule has 1 nitrogen and oxygen atoms in total. The molecule has 0 amide bonds. The van der Waals surface area contributed by atoms with Crippen LogP contribution in [0.2, 0.25) is 0 Å². The highest BCUT2D eigenvalue weighted by atomic mass is 79.9. The van der Waals surface area contributed by atoms with Gasteiger partial charge in [0.05, 0.1) is 0 Å².